The van der Waals surface area contributed by atoms with Crippen LogP contribution < -0.4 is 11.0 Å². The van der Waals surface area contributed by atoms with Gasteiger partial charge in [0.2, 0.25) is 0 Å². The minimum absolute atomic E-state index is 0.122. The highest BCUT2D eigenvalue weighted by molar-refractivity contribution is 9.10. The van der Waals surface area contributed by atoms with Crippen LogP contribution in [0.2, 0.25) is 0 Å². The average molecular weight is 352 g/mol. The van der Waals surface area contributed by atoms with E-state index in [0.717, 1.165) is 27.6 Å². The van der Waals surface area contributed by atoms with Gasteiger partial charge in [-0.15, -0.1) is 11.3 Å². The van der Waals surface area contributed by atoms with E-state index in [0.29, 0.717) is 0 Å². The molecule has 0 saturated heterocycles. The van der Waals surface area contributed by atoms with Crippen LogP contribution in [0.5, 0.6) is 0 Å². The van der Waals surface area contributed by atoms with Crippen LogP contribution in [0, 0.1) is 0 Å². The predicted molar refractivity (Wildman–Crippen MR) is 86.5 cm³/mol. The number of aromatic nitrogens is 2. The molecule has 0 amide bonds. The van der Waals surface area contributed by atoms with Gasteiger partial charge in [-0.05, 0) is 51.6 Å². The van der Waals surface area contributed by atoms with E-state index >= 15 is 0 Å². The second kappa shape index (κ2) is 5.55. The van der Waals surface area contributed by atoms with E-state index in [9.17, 15) is 4.79 Å². The van der Waals surface area contributed by atoms with E-state index in [1.165, 1.54) is 4.88 Å². The first-order valence-corrected chi connectivity index (χ1v) is 8.04. The summed E-state index contributed by atoms with van der Waals surface area (Å²) in [5, 5.41) is 5.56. The molecular formula is C14H14BrN3OS. The van der Waals surface area contributed by atoms with Crippen LogP contribution in [0.25, 0.3) is 11.0 Å². The SMILES string of the molecule is CCNC(c1ccc2[nH]c(=O)[nH]c2c1)c1sccc1Br. The van der Waals surface area contributed by atoms with Gasteiger partial charge < -0.3 is 15.3 Å². The molecule has 20 heavy (non-hydrogen) atoms. The molecule has 2 heterocycles. The maximum atomic E-state index is 11.3. The summed E-state index contributed by atoms with van der Waals surface area (Å²) in [7, 11) is 0. The number of rotatable bonds is 4. The van der Waals surface area contributed by atoms with Crippen molar-refractivity contribution in [2.45, 2.75) is 13.0 Å². The van der Waals surface area contributed by atoms with Crippen LogP contribution in [0.3, 0.4) is 0 Å². The van der Waals surface area contributed by atoms with Gasteiger partial charge in [-0.1, -0.05) is 13.0 Å². The number of halogens is 1. The van der Waals surface area contributed by atoms with E-state index < -0.39 is 0 Å². The van der Waals surface area contributed by atoms with Crippen LogP contribution in [0.4, 0.5) is 0 Å². The molecule has 0 spiro atoms. The Hall–Kier alpha value is -1.37. The standard InChI is InChI=1S/C14H14BrN3OS/c1-2-16-12(13-9(15)5-6-20-13)8-3-4-10-11(7-8)18-14(19)17-10/h3-7,12,16H,2H2,1H3,(H2,17,18,19). The fourth-order valence-electron chi connectivity index (χ4n) is 2.31. The highest BCUT2D eigenvalue weighted by Gasteiger charge is 2.17. The molecule has 0 fully saturated rings. The first kappa shape index (κ1) is 13.6. The van der Waals surface area contributed by atoms with Gasteiger partial charge in [0.25, 0.3) is 0 Å². The highest BCUT2D eigenvalue weighted by Crippen LogP contribution is 2.33. The van der Waals surface area contributed by atoms with Crippen molar-refractivity contribution in [3.8, 4) is 0 Å². The lowest BCUT2D eigenvalue weighted by molar-refractivity contribution is 0.638. The van der Waals surface area contributed by atoms with E-state index in [2.05, 4.69) is 49.6 Å². The molecular weight excluding hydrogens is 338 g/mol. The first-order chi connectivity index (χ1) is 9.69. The number of hydrogen-bond donors (Lipinski definition) is 3. The Morgan fingerprint density at radius 1 is 1.30 bits per heavy atom. The summed E-state index contributed by atoms with van der Waals surface area (Å²) >= 11 is 5.31. The van der Waals surface area contributed by atoms with Crippen LogP contribution in [-0.4, -0.2) is 16.5 Å². The molecule has 1 unspecified atom stereocenters. The van der Waals surface area contributed by atoms with Crippen molar-refractivity contribution in [2.75, 3.05) is 6.54 Å². The minimum atomic E-state index is -0.172. The lowest BCUT2D eigenvalue weighted by atomic mass is 10.0. The molecule has 1 aromatic carbocycles. The van der Waals surface area contributed by atoms with E-state index in [4.69, 9.17) is 0 Å². The molecule has 2 aromatic heterocycles. The molecule has 0 aliphatic heterocycles. The Bertz CT molecular complexity index is 789. The summed E-state index contributed by atoms with van der Waals surface area (Å²) in [5.41, 5.74) is 2.63. The second-order valence-corrected chi connectivity index (χ2v) is 6.31. The van der Waals surface area contributed by atoms with Gasteiger partial charge in [-0.3, -0.25) is 0 Å². The van der Waals surface area contributed by atoms with Gasteiger partial charge in [0.1, 0.15) is 0 Å². The number of thiophene rings is 1. The van der Waals surface area contributed by atoms with E-state index in [1.807, 2.05) is 18.2 Å². The molecule has 0 radical (unpaired) electrons. The van der Waals surface area contributed by atoms with Crippen molar-refractivity contribution in [3.63, 3.8) is 0 Å². The summed E-state index contributed by atoms with van der Waals surface area (Å²) < 4.78 is 1.11. The maximum absolute atomic E-state index is 11.3. The molecule has 0 bridgehead atoms. The predicted octanol–water partition coefficient (Wildman–Crippen LogP) is 3.38. The number of aromatic amines is 2. The lowest BCUT2D eigenvalue weighted by Crippen LogP contribution is -2.21. The summed E-state index contributed by atoms with van der Waals surface area (Å²) in [6, 6.07) is 8.19. The largest absolute Gasteiger partial charge is 0.323 e. The summed E-state index contributed by atoms with van der Waals surface area (Å²) in [6.45, 7) is 2.96. The number of benzene rings is 1. The Labute approximate surface area is 128 Å². The van der Waals surface area contributed by atoms with Gasteiger partial charge >= 0.3 is 5.69 Å². The lowest BCUT2D eigenvalue weighted by Gasteiger charge is -2.17. The fraction of sp³-hybridized carbons (Fsp3) is 0.214. The molecule has 4 nitrogen and oxygen atoms in total. The van der Waals surface area contributed by atoms with Gasteiger partial charge in [0, 0.05) is 9.35 Å². The topological polar surface area (TPSA) is 60.7 Å². The van der Waals surface area contributed by atoms with Gasteiger partial charge in [0.05, 0.1) is 17.1 Å². The first-order valence-electron chi connectivity index (χ1n) is 6.37. The molecule has 104 valence electrons. The zero-order valence-corrected chi connectivity index (χ0v) is 13.3. The Morgan fingerprint density at radius 3 is 2.80 bits per heavy atom. The molecule has 1 atom stereocenters. The Kier molecular flexibility index (Phi) is 3.78. The van der Waals surface area contributed by atoms with Crippen molar-refractivity contribution in [1.29, 1.82) is 0 Å². The Balaban J connectivity index is 2.09. The maximum Gasteiger partial charge on any atom is 0.323 e. The van der Waals surface area contributed by atoms with Crippen molar-refractivity contribution in [3.05, 3.63) is 55.0 Å². The molecule has 0 aliphatic rings. The number of hydrogen-bond acceptors (Lipinski definition) is 3. The molecule has 0 saturated carbocycles. The van der Waals surface area contributed by atoms with E-state index in [1.54, 1.807) is 11.3 Å². The van der Waals surface area contributed by atoms with Crippen molar-refractivity contribution >= 4 is 38.3 Å². The van der Waals surface area contributed by atoms with Gasteiger partial charge in [-0.2, -0.15) is 0 Å². The molecule has 6 heteroatoms. The number of nitrogens with one attached hydrogen (secondary N) is 3. The third-order valence-corrected chi connectivity index (χ3v) is 5.12. The zero-order chi connectivity index (χ0) is 14.1. The molecule has 3 N–H and O–H groups in total. The molecule has 0 aliphatic carbocycles. The zero-order valence-electron chi connectivity index (χ0n) is 10.9. The van der Waals surface area contributed by atoms with Crippen LogP contribution in [0.1, 0.15) is 23.4 Å². The van der Waals surface area contributed by atoms with Gasteiger partial charge in [0.15, 0.2) is 0 Å². The van der Waals surface area contributed by atoms with Crippen LogP contribution in [-0.2, 0) is 0 Å². The minimum Gasteiger partial charge on any atom is -0.306 e. The van der Waals surface area contributed by atoms with E-state index in [-0.39, 0.29) is 11.7 Å². The van der Waals surface area contributed by atoms with Crippen molar-refractivity contribution in [2.24, 2.45) is 0 Å². The summed E-state index contributed by atoms with van der Waals surface area (Å²) in [6.07, 6.45) is 0. The van der Waals surface area contributed by atoms with Crippen LogP contribution >= 0.6 is 27.3 Å². The smallest absolute Gasteiger partial charge is 0.306 e. The number of fused-ring (bicyclic) bond motifs is 1. The summed E-state index contributed by atoms with van der Waals surface area (Å²) in [5.74, 6) is 0. The van der Waals surface area contributed by atoms with Crippen LogP contribution in [0.15, 0.2) is 38.9 Å². The monoisotopic (exact) mass is 351 g/mol. The quantitative estimate of drug-likeness (QED) is 0.674. The van der Waals surface area contributed by atoms with Gasteiger partial charge in [-0.25, -0.2) is 4.79 Å². The normalized spacial score (nSPS) is 12.9. The molecule has 3 aromatic rings. The van der Waals surface area contributed by atoms with Crippen molar-refractivity contribution in [1.82, 2.24) is 15.3 Å². The second-order valence-electron chi connectivity index (χ2n) is 4.51. The third-order valence-electron chi connectivity index (χ3n) is 3.19. The third kappa shape index (κ3) is 2.46. The average Bonchev–Trinajstić information content (AvgIpc) is 3.00. The van der Waals surface area contributed by atoms with Crippen molar-refractivity contribution < 1.29 is 0 Å². The number of imidazole rings is 1. The number of H-pyrrole nitrogens is 2. The summed E-state index contributed by atoms with van der Waals surface area (Å²) in [4.78, 5) is 18.2. The fourth-order valence-corrected chi connectivity index (χ4v) is 4.01. The molecule has 3 rings (SSSR count). The highest BCUT2D eigenvalue weighted by atomic mass is 79.9. The Morgan fingerprint density at radius 2 is 2.10 bits per heavy atom.